The number of aromatic hydroxyl groups is 1. The highest BCUT2D eigenvalue weighted by molar-refractivity contribution is 5.81. The summed E-state index contributed by atoms with van der Waals surface area (Å²) in [5.41, 5.74) is 3.49. The maximum absolute atomic E-state index is 12.4. The molecule has 0 fully saturated rings. The second kappa shape index (κ2) is 12.0. The third-order valence-electron chi connectivity index (χ3n) is 5.07. The number of amides is 1. The summed E-state index contributed by atoms with van der Waals surface area (Å²) in [7, 11) is 0. The zero-order valence-corrected chi connectivity index (χ0v) is 17.6. The number of benzene rings is 1. The number of rotatable bonds is 12. The van der Waals surface area contributed by atoms with Crippen molar-refractivity contribution in [2.45, 2.75) is 39.7 Å². The molecule has 1 aliphatic heterocycles. The molecule has 8 nitrogen and oxygen atoms in total. The van der Waals surface area contributed by atoms with Crippen molar-refractivity contribution >= 4 is 5.91 Å². The SMILES string of the molecule is Cc1c(C)c2c(c(C)c1O)CCC(C(=O)NCCOCCOCCOCCO)O2. The molecule has 1 aliphatic rings. The summed E-state index contributed by atoms with van der Waals surface area (Å²) in [5.74, 6) is 0.881. The van der Waals surface area contributed by atoms with Crippen molar-refractivity contribution < 1.29 is 34.0 Å². The van der Waals surface area contributed by atoms with Crippen molar-refractivity contribution in [3.63, 3.8) is 0 Å². The Kier molecular flexibility index (Phi) is 9.66. The molecule has 0 aromatic heterocycles. The number of aliphatic hydroxyl groups excluding tert-OH is 1. The van der Waals surface area contributed by atoms with E-state index in [-0.39, 0.29) is 12.5 Å². The van der Waals surface area contributed by atoms with E-state index < -0.39 is 6.10 Å². The average molecular weight is 411 g/mol. The van der Waals surface area contributed by atoms with Crippen LogP contribution in [0, 0.1) is 20.8 Å². The topological polar surface area (TPSA) is 106 Å². The first-order valence-electron chi connectivity index (χ1n) is 10.1. The summed E-state index contributed by atoms with van der Waals surface area (Å²) in [4.78, 5) is 12.4. The fourth-order valence-corrected chi connectivity index (χ4v) is 3.26. The van der Waals surface area contributed by atoms with Crippen LogP contribution in [-0.4, -0.2) is 75.0 Å². The first kappa shape index (κ1) is 23.4. The molecule has 164 valence electrons. The van der Waals surface area contributed by atoms with Crippen LogP contribution in [-0.2, 0) is 25.4 Å². The molecule has 29 heavy (non-hydrogen) atoms. The normalized spacial score (nSPS) is 15.7. The summed E-state index contributed by atoms with van der Waals surface area (Å²) in [5, 5.41) is 21.6. The first-order chi connectivity index (χ1) is 14.0. The maximum Gasteiger partial charge on any atom is 0.261 e. The summed E-state index contributed by atoms with van der Waals surface area (Å²) < 4.78 is 21.8. The number of phenolic OH excluding ortho intramolecular Hbond substituents is 1. The van der Waals surface area contributed by atoms with Gasteiger partial charge in [-0.2, -0.15) is 0 Å². The lowest BCUT2D eigenvalue weighted by atomic mass is 9.91. The van der Waals surface area contributed by atoms with Gasteiger partial charge in [-0.05, 0) is 50.3 Å². The fraction of sp³-hybridized carbons (Fsp3) is 0.667. The Hall–Kier alpha value is -1.87. The van der Waals surface area contributed by atoms with Crippen LogP contribution >= 0.6 is 0 Å². The third kappa shape index (κ3) is 6.57. The van der Waals surface area contributed by atoms with E-state index in [2.05, 4.69) is 5.32 Å². The molecule has 8 heteroatoms. The number of nitrogens with one attached hydrogen (secondary N) is 1. The van der Waals surface area contributed by atoms with E-state index in [4.69, 9.17) is 24.1 Å². The second-order valence-electron chi connectivity index (χ2n) is 7.03. The van der Waals surface area contributed by atoms with Gasteiger partial charge in [0, 0.05) is 12.1 Å². The summed E-state index contributed by atoms with van der Waals surface area (Å²) in [6, 6.07) is 0. The van der Waals surface area contributed by atoms with E-state index in [1.165, 1.54) is 0 Å². The highest BCUT2D eigenvalue weighted by Gasteiger charge is 2.29. The van der Waals surface area contributed by atoms with Gasteiger partial charge in [0.2, 0.25) is 0 Å². The minimum Gasteiger partial charge on any atom is -0.507 e. The highest BCUT2D eigenvalue weighted by Crippen LogP contribution is 2.40. The lowest BCUT2D eigenvalue weighted by Crippen LogP contribution is -2.42. The van der Waals surface area contributed by atoms with Crippen molar-refractivity contribution in [3.8, 4) is 11.5 Å². The van der Waals surface area contributed by atoms with Crippen LogP contribution in [0.3, 0.4) is 0 Å². The lowest BCUT2D eigenvalue weighted by molar-refractivity contribution is -0.128. The van der Waals surface area contributed by atoms with E-state index in [1.807, 2.05) is 20.8 Å². The number of hydrogen-bond donors (Lipinski definition) is 3. The molecule has 2 rings (SSSR count). The van der Waals surface area contributed by atoms with Crippen LogP contribution in [0.15, 0.2) is 0 Å². The fourth-order valence-electron chi connectivity index (χ4n) is 3.26. The Morgan fingerprint density at radius 2 is 1.62 bits per heavy atom. The van der Waals surface area contributed by atoms with E-state index in [0.717, 1.165) is 28.0 Å². The predicted octanol–water partition coefficient (Wildman–Crippen LogP) is 1.17. The quantitative estimate of drug-likeness (QED) is 0.443. The Morgan fingerprint density at radius 3 is 2.28 bits per heavy atom. The van der Waals surface area contributed by atoms with E-state index in [9.17, 15) is 9.90 Å². The number of hydrogen-bond acceptors (Lipinski definition) is 7. The molecular weight excluding hydrogens is 378 g/mol. The molecule has 1 amide bonds. The summed E-state index contributed by atoms with van der Waals surface area (Å²) in [6.07, 6.45) is 0.741. The number of carbonyl (C=O) groups excluding carboxylic acids is 1. The van der Waals surface area contributed by atoms with Crippen molar-refractivity contribution in [2.75, 3.05) is 52.8 Å². The molecule has 1 atom stereocenters. The smallest absolute Gasteiger partial charge is 0.261 e. The van der Waals surface area contributed by atoms with Crippen molar-refractivity contribution in [1.82, 2.24) is 5.32 Å². The Labute approximate surface area is 172 Å². The number of fused-ring (bicyclic) bond motifs is 1. The van der Waals surface area contributed by atoms with Gasteiger partial charge in [0.15, 0.2) is 6.10 Å². The number of ether oxygens (including phenoxy) is 4. The van der Waals surface area contributed by atoms with Crippen LogP contribution < -0.4 is 10.1 Å². The zero-order chi connectivity index (χ0) is 21.2. The Balaban J connectivity index is 1.65. The molecule has 0 aliphatic carbocycles. The molecule has 3 N–H and O–H groups in total. The van der Waals surface area contributed by atoms with Crippen molar-refractivity contribution in [1.29, 1.82) is 0 Å². The predicted molar refractivity (Wildman–Crippen MR) is 108 cm³/mol. The molecule has 0 saturated carbocycles. The van der Waals surface area contributed by atoms with Crippen molar-refractivity contribution in [3.05, 3.63) is 22.3 Å². The van der Waals surface area contributed by atoms with Gasteiger partial charge in [-0.3, -0.25) is 4.79 Å². The third-order valence-corrected chi connectivity index (χ3v) is 5.07. The van der Waals surface area contributed by atoms with Crippen LogP contribution in [0.1, 0.15) is 28.7 Å². The van der Waals surface area contributed by atoms with Gasteiger partial charge in [-0.1, -0.05) is 0 Å². The Bertz CT molecular complexity index is 678. The van der Waals surface area contributed by atoms with Gasteiger partial charge in [0.25, 0.3) is 5.91 Å². The monoisotopic (exact) mass is 411 g/mol. The maximum atomic E-state index is 12.4. The van der Waals surface area contributed by atoms with Gasteiger partial charge in [0.05, 0.1) is 46.2 Å². The molecule has 0 saturated heterocycles. The minimum absolute atomic E-state index is 0.00964. The standard InChI is InChI=1S/C21H33NO7/c1-14-15(2)20-17(16(3)19(14)24)4-5-18(29-20)21(25)22-6-8-26-10-12-28-13-11-27-9-7-23/h18,23-24H,4-13H2,1-3H3,(H,22,25). The largest absolute Gasteiger partial charge is 0.507 e. The van der Waals surface area contributed by atoms with Gasteiger partial charge < -0.3 is 34.5 Å². The van der Waals surface area contributed by atoms with Gasteiger partial charge in [0.1, 0.15) is 11.5 Å². The molecule has 1 unspecified atom stereocenters. The van der Waals surface area contributed by atoms with Crippen LogP contribution in [0.2, 0.25) is 0 Å². The number of phenols is 1. The minimum atomic E-state index is -0.535. The van der Waals surface area contributed by atoms with Crippen LogP contribution in [0.5, 0.6) is 11.5 Å². The first-order valence-corrected chi connectivity index (χ1v) is 10.1. The van der Waals surface area contributed by atoms with Crippen molar-refractivity contribution in [2.24, 2.45) is 0 Å². The molecule has 0 spiro atoms. The molecule has 0 radical (unpaired) electrons. The van der Waals surface area contributed by atoms with Crippen LogP contribution in [0.4, 0.5) is 0 Å². The molecule has 1 aromatic carbocycles. The number of aliphatic hydroxyl groups is 1. The van der Waals surface area contributed by atoms with E-state index in [0.29, 0.717) is 64.8 Å². The summed E-state index contributed by atoms with van der Waals surface area (Å²) in [6.45, 7) is 8.55. The molecule has 1 aromatic rings. The van der Waals surface area contributed by atoms with Gasteiger partial charge in [-0.15, -0.1) is 0 Å². The van der Waals surface area contributed by atoms with E-state index >= 15 is 0 Å². The second-order valence-corrected chi connectivity index (χ2v) is 7.03. The summed E-state index contributed by atoms with van der Waals surface area (Å²) >= 11 is 0. The molecule has 1 heterocycles. The van der Waals surface area contributed by atoms with Gasteiger partial charge >= 0.3 is 0 Å². The Morgan fingerprint density at radius 1 is 1.00 bits per heavy atom. The number of carbonyl (C=O) groups is 1. The molecular formula is C21H33NO7. The lowest BCUT2D eigenvalue weighted by Gasteiger charge is -2.29. The average Bonchev–Trinajstić information content (AvgIpc) is 2.74. The van der Waals surface area contributed by atoms with Gasteiger partial charge in [-0.25, -0.2) is 0 Å². The zero-order valence-electron chi connectivity index (χ0n) is 17.6. The highest BCUT2D eigenvalue weighted by atomic mass is 16.5. The van der Waals surface area contributed by atoms with E-state index in [1.54, 1.807) is 0 Å². The molecule has 0 bridgehead atoms. The van der Waals surface area contributed by atoms with Crippen LogP contribution in [0.25, 0.3) is 0 Å².